The molecule has 2 aromatic rings. The van der Waals surface area contributed by atoms with Crippen molar-refractivity contribution in [2.45, 2.75) is 19.9 Å². The second-order valence-electron chi connectivity index (χ2n) is 4.78. The highest BCUT2D eigenvalue weighted by Crippen LogP contribution is 2.07. The lowest BCUT2D eigenvalue weighted by molar-refractivity contribution is 0.610. The Labute approximate surface area is 153 Å². The standard InChI is InChI=1S/C17H21FN4.HI/c1-2-19-17(21-12-10-15-8-5-6-11-20-15)22-13-14-7-3-4-9-16(14)18;/h3-9,11H,2,10,12-13H2,1H3,(H2,19,21,22);1H. The van der Waals surface area contributed by atoms with Crippen LogP contribution < -0.4 is 10.6 Å². The van der Waals surface area contributed by atoms with Crippen molar-refractivity contribution in [3.8, 4) is 0 Å². The maximum Gasteiger partial charge on any atom is 0.191 e. The van der Waals surface area contributed by atoms with Gasteiger partial charge in [0.1, 0.15) is 5.82 Å². The lowest BCUT2D eigenvalue weighted by atomic mass is 10.2. The number of benzene rings is 1. The van der Waals surface area contributed by atoms with E-state index < -0.39 is 0 Å². The number of hydrogen-bond acceptors (Lipinski definition) is 2. The molecule has 0 radical (unpaired) electrons. The summed E-state index contributed by atoms with van der Waals surface area (Å²) in [6, 6.07) is 12.6. The maximum absolute atomic E-state index is 13.6. The molecule has 6 heteroatoms. The average Bonchev–Trinajstić information content (AvgIpc) is 2.55. The number of rotatable bonds is 6. The fourth-order valence-corrected chi connectivity index (χ4v) is 1.99. The summed E-state index contributed by atoms with van der Waals surface area (Å²) in [6.07, 6.45) is 2.59. The van der Waals surface area contributed by atoms with Gasteiger partial charge < -0.3 is 10.6 Å². The van der Waals surface area contributed by atoms with Crippen molar-refractivity contribution < 1.29 is 4.39 Å². The van der Waals surface area contributed by atoms with E-state index in [4.69, 9.17) is 0 Å². The van der Waals surface area contributed by atoms with Crippen molar-refractivity contribution in [1.29, 1.82) is 0 Å². The van der Waals surface area contributed by atoms with E-state index in [9.17, 15) is 4.39 Å². The number of aliphatic imine (C=N–C) groups is 1. The van der Waals surface area contributed by atoms with Crippen LogP contribution in [0.15, 0.2) is 53.7 Å². The van der Waals surface area contributed by atoms with Gasteiger partial charge in [-0.1, -0.05) is 24.3 Å². The van der Waals surface area contributed by atoms with E-state index in [0.29, 0.717) is 18.1 Å². The maximum atomic E-state index is 13.6. The zero-order valence-corrected chi connectivity index (χ0v) is 15.5. The molecule has 0 aliphatic carbocycles. The Morgan fingerprint density at radius 1 is 1.13 bits per heavy atom. The van der Waals surface area contributed by atoms with Crippen LogP contribution in [0.2, 0.25) is 0 Å². The van der Waals surface area contributed by atoms with Crippen LogP contribution in [0.1, 0.15) is 18.2 Å². The van der Waals surface area contributed by atoms with Gasteiger partial charge in [0.05, 0.1) is 6.54 Å². The van der Waals surface area contributed by atoms with Crippen LogP contribution in [-0.2, 0) is 13.0 Å². The lowest BCUT2D eigenvalue weighted by Crippen LogP contribution is -2.38. The second kappa shape index (κ2) is 10.9. The fraction of sp³-hybridized carbons (Fsp3) is 0.294. The summed E-state index contributed by atoms with van der Waals surface area (Å²) in [6.45, 7) is 3.79. The zero-order chi connectivity index (χ0) is 15.6. The van der Waals surface area contributed by atoms with Gasteiger partial charge in [0.15, 0.2) is 5.96 Å². The molecule has 1 aromatic carbocycles. The molecule has 0 aliphatic rings. The molecule has 1 heterocycles. The first-order chi connectivity index (χ1) is 10.8. The monoisotopic (exact) mass is 428 g/mol. The van der Waals surface area contributed by atoms with Crippen LogP contribution in [0, 0.1) is 5.82 Å². The predicted octanol–water partition coefficient (Wildman–Crippen LogP) is 3.14. The number of aromatic nitrogens is 1. The Kier molecular flexibility index (Phi) is 9.20. The summed E-state index contributed by atoms with van der Waals surface area (Å²) < 4.78 is 13.6. The molecule has 0 unspecified atom stereocenters. The topological polar surface area (TPSA) is 49.3 Å². The van der Waals surface area contributed by atoms with Gasteiger partial charge in [-0.3, -0.25) is 4.98 Å². The van der Waals surface area contributed by atoms with E-state index in [1.807, 2.05) is 31.2 Å². The molecular weight excluding hydrogens is 406 g/mol. The molecule has 0 fully saturated rings. The molecular formula is C17H22FIN4. The van der Waals surface area contributed by atoms with Crippen LogP contribution in [0.5, 0.6) is 0 Å². The Balaban J connectivity index is 0.00000264. The first kappa shape index (κ1) is 19.3. The molecule has 124 valence electrons. The van der Waals surface area contributed by atoms with Crippen molar-refractivity contribution in [2.75, 3.05) is 13.1 Å². The first-order valence-electron chi connectivity index (χ1n) is 7.45. The summed E-state index contributed by atoms with van der Waals surface area (Å²) in [5, 5.41) is 6.39. The van der Waals surface area contributed by atoms with Crippen molar-refractivity contribution in [3.05, 3.63) is 65.7 Å². The Morgan fingerprint density at radius 3 is 2.61 bits per heavy atom. The summed E-state index contributed by atoms with van der Waals surface area (Å²) in [4.78, 5) is 8.69. The minimum atomic E-state index is -0.226. The van der Waals surface area contributed by atoms with Gasteiger partial charge in [-0.05, 0) is 25.1 Å². The minimum absolute atomic E-state index is 0. The fourth-order valence-electron chi connectivity index (χ4n) is 1.99. The van der Waals surface area contributed by atoms with E-state index in [1.54, 1.807) is 18.3 Å². The Morgan fingerprint density at radius 2 is 1.91 bits per heavy atom. The number of halogens is 2. The van der Waals surface area contributed by atoms with Crippen LogP contribution in [0.4, 0.5) is 4.39 Å². The van der Waals surface area contributed by atoms with Crippen molar-refractivity contribution >= 4 is 29.9 Å². The average molecular weight is 428 g/mol. The van der Waals surface area contributed by atoms with Gasteiger partial charge in [0, 0.05) is 37.0 Å². The molecule has 1 aromatic heterocycles. The van der Waals surface area contributed by atoms with Crippen LogP contribution in [0.3, 0.4) is 0 Å². The second-order valence-corrected chi connectivity index (χ2v) is 4.78. The summed E-state index contributed by atoms with van der Waals surface area (Å²) in [7, 11) is 0. The summed E-state index contributed by atoms with van der Waals surface area (Å²) >= 11 is 0. The molecule has 0 bridgehead atoms. The SMILES string of the molecule is CCNC(=NCc1ccccc1F)NCCc1ccccn1.I. The Bertz CT molecular complexity index is 605. The van der Waals surface area contributed by atoms with Crippen molar-refractivity contribution in [2.24, 2.45) is 4.99 Å². The number of nitrogens with one attached hydrogen (secondary N) is 2. The van der Waals surface area contributed by atoms with E-state index in [-0.39, 0.29) is 29.8 Å². The lowest BCUT2D eigenvalue weighted by Gasteiger charge is -2.11. The summed E-state index contributed by atoms with van der Waals surface area (Å²) in [5.74, 6) is 0.456. The molecule has 0 aliphatic heterocycles. The number of pyridine rings is 1. The molecule has 0 spiro atoms. The van der Waals surface area contributed by atoms with Gasteiger partial charge in [0.25, 0.3) is 0 Å². The highest BCUT2D eigenvalue weighted by molar-refractivity contribution is 14.0. The predicted molar refractivity (Wildman–Crippen MR) is 103 cm³/mol. The highest BCUT2D eigenvalue weighted by Gasteiger charge is 2.01. The molecule has 4 nitrogen and oxygen atoms in total. The first-order valence-corrected chi connectivity index (χ1v) is 7.45. The number of nitrogens with zero attached hydrogens (tertiary/aromatic N) is 2. The molecule has 0 saturated heterocycles. The normalized spacial score (nSPS) is 10.8. The molecule has 0 saturated carbocycles. The summed E-state index contributed by atoms with van der Waals surface area (Å²) in [5.41, 5.74) is 1.62. The van der Waals surface area contributed by atoms with Crippen LogP contribution in [-0.4, -0.2) is 24.0 Å². The third kappa shape index (κ3) is 6.94. The third-order valence-electron chi connectivity index (χ3n) is 3.11. The van der Waals surface area contributed by atoms with Gasteiger partial charge in [0.2, 0.25) is 0 Å². The van der Waals surface area contributed by atoms with E-state index in [0.717, 1.165) is 25.2 Å². The van der Waals surface area contributed by atoms with Gasteiger partial charge in [-0.25, -0.2) is 9.38 Å². The molecule has 2 rings (SSSR count). The van der Waals surface area contributed by atoms with Crippen molar-refractivity contribution in [3.63, 3.8) is 0 Å². The number of guanidine groups is 1. The van der Waals surface area contributed by atoms with Gasteiger partial charge in [-0.2, -0.15) is 0 Å². The number of hydrogen-bond donors (Lipinski definition) is 2. The molecule has 0 atom stereocenters. The molecule has 2 N–H and O–H groups in total. The van der Waals surface area contributed by atoms with Crippen LogP contribution in [0.25, 0.3) is 0 Å². The van der Waals surface area contributed by atoms with Gasteiger partial charge >= 0.3 is 0 Å². The highest BCUT2D eigenvalue weighted by atomic mass is 127. The molecule has 23 heavy (non-hydrogen) atoms. The zero-order valence-electron chi connectivity index (χ0n) is 13.1. The van der Waals surface area contributed by atoms with Crippen molar-refractivity contribution in [1.82, 2.24) is 15.6 Å². The van der Waals surface area contributed by atoms with E-state index in [2.05, 4.69) is 20.6 Å². The Hall–Kier alpha value is -1.70. The van der Waals surface area contributed by atoms with E-state index >= 15 is 0 Å². The minimum Gasteiger partial charge on any atom is -0.357 e. The smallest absolute Gasteiger partial charge is 0.191 e. The quantitative estimate of drug-likeness (QED) is 0.423. The third-order valence-corrected chi connectivity index (χ3v) is 3.11. The molecule has 0 amide bonds. The van der Waals surface area contributed by atoms with Crippen LogP contribution >= 0.6 is 24.0 Å². The largest absolute Gasteiger partial charge is 0.357 e. The van der Waals surface area contributed by atoms with Gasteiger partial charge in [-0.15, -0.1) is 24.0 Å². The van der Waals surface area contributed by atoms with E-state index in [1.165, 1.54) is 6.07 Å².